The van der Waals surface area contributed by atoms with Crippen molar-refractivity contribution in [3.63, 3.8) is 0 Å². The van der Waals surface area contributed by atoms with Crippen molar-refractivity contribution in [2.45, 2.75) is 44.0 Å². The lowest BCUT2D eigenvalue weighted by atomic mass is 10.2. The zero-order valence-electron chi connectivity index (χ0n) is 9.86. The zero-order valence-corrected chi connectivity index (χ0v) is 10.7. The molecule has 88 valence electrons. The maximum absolute atomic E-state index is 4.03. The highest BCUT2D eigenvalue weighted by Gasteiger charge is 2.23. The molecule has 0 spiro atoms. The van der Waals surface area contributed by atoms with Crippen LogP contribution in [0.15, 0.2) is 24.5 Å². The smallest absolute Gasteiger partial charge is 0.0271 e. The summed E-state index contributed by atoms with van der Waals surface area (Å²) in [6.45, 7) is 3.24. The molecule has 0 aliphatic heterocycles. The van der Waals surface area contributed by atoms with E-state index in [9.17, 15) is 0 Å². The standard InChI is InChI=1S/C13H20N2S/c1-2-16-13-4-3-12(9-13)15-10-11-5-7-14-8-6-11/h5-8,12-13,15H,2-4,9-10H2,1H3. The van der Waals surface area contributed by atoms with Crippen LogP contribution in [-0.4, -0.2) is 22.0 Å². The van der Waals surface area contributed by atoms with E-state index in [1.165, 1.54) is 30.6 Å². The molecule has 1 aromatic rings. The number of pyridine rings is 1. The Bertz CT molecular complexity index is 302. The Morgan fingerprint density at radius 1 is 1.38 bits per heavy atom. The molecule has 1 aliphatic carbocycles. The molecule has 1 aliphatic rings. The third kappa shape index (κ3) is 3.49. The fourth-order valence-electron chi connectivity index (χ4n) is 2.28. The minimum Gasteiger partial charge on any atom is -0.310 e. The summed E-state index contributed by atoms with van der Waals surface area (Å²) in [4.78, 5) is 4.03. The van der Waals surface area contributed by atoms with Crippen molar-refractivity contribution in [3.8, 4) is 0 Å². The summed E-state index contributed by atoms with van der Waals surface area (Å²) in [5.41, 5.74) is 1.33. The first kappa shape index (κ1) is 11.9. The molecule has 2 unspecified atom stereocenters. The molecular formula is C13H20N2S. The van der Waals surface area contributed by atoms with E-state index in [1.54, 1.807) is 0 Å². The van der Waals surface area contributed by atoms with Gasteiger partial charge in [-0.2, -0.15) is 11.8 Å². The van der Waals surface area contributed by atoms with Crippen LogP contribution >= 0.6 is 11.8 Å². The molecule has 1 fully saturated rings. The van der Waals surface area contributed by atoms with Crippen LogP contribution in [0.2, 0.25) is 0 Å². The molecule has 16 heavy (non-hydrogen) atoms. The molecule has 0 amide bonds. The molecule has 2 atom stereocenters. The highest BCUT2D eigenvalue weighted by molar-refractivity contribution is 7.99. The van der Waals surface area contributed by atoms with Gasteiger partial charge in [-0.3, -0.25) is 4.98 Å². The SMILES string of the molecule is CCSC1CCC(NCc2ccncc2)C1. The van der Waals surface area contributed by atoms with Crippen molar-refractivity contribution in [1.82, 2.24) is 10.3 Å². The number of hydrogen-bond acceptors (Lipinski definition) is 3. The van der Waals surface area contributed by atoms with Crippen LogP contribution in [0.3, 0.4) is 0 Å². The second kappa shape index (κ2) is 6.26. The third-order valence-electron chi connectivity index (χ3n) is 3.13. The van der Waals surface area contributed by atoms with Gasteiger partial charge in [0, 0.05) is 30.2 Å². The maximum atomic E-state index is 4.03. The minimum atomic E-state index is 0.720. The maximum Gasteiger partial charge on any atom is 0.0271 e. The van der Waals surface area contributed by atoms with Gasteiger partial charge in [0.1, 0.15) is 0 Å². The van der Waals surface area contributed by atoms with E-state index in [2.05, 4.69) is 41.1 Å². The Kier molecular flexibility index (Phi) is 4.67. The lowest BCUT2D eigenvalue weighted by Crippen LogP contribution is -2.26. The summed E-state index contributed by atoms with van der Waals surface area (Å²) in [6, 6.07) is 4.89. The van der Waals surface area contributed by atoms with Gasteiger partial charge in [0.15, 0.2) is 0 Å². The molecule has 1 heterocycles. The summed E-state index contributed by atoms with van der Waals surface area (Å²) in [5, 5.41) is 4.53. The Morgan fingerprint density at radius 2 is 2.19 bits per heavy atom. The van der Waals surface area contributed by atoms with E-state index in [0.29, 0.717) is 0 Å². The average molecular weight is 236 g/mol. The lowest BCUT2D eigenvalue weighted by Gasteiger charge is -2.12. The molecule has 1 N–H and O–H groups in total. The quantitative estimate of drug-likeness (QED) is 0.851. The highest BCUT2D eigenvalue weighted by atomic mass is 32.2. The molecule has 2 rings (SSSR count). The van der Waals surface area contributed by atoms with E-state index in [1.807, 2.05) is 12.4 Å². The van der Waals surface area contributed by atoms with Crippen molar-refractivity contribution in [2.24, 2.45) is 0 Å². The van der Waals surface area contributed by atoms with E-state index in [0.717, 1.165) is 17.8 Å². The number of aromatic nitrogens is 1. The zero-order chi connectivity index (χ0) is 11.2. The fourth-order valence-corrected chi connectivity index (χ4v) is 3.42. The van der Waals surface area contributed by atoms with E-state index in [4.69, 9.17) is 0 Å². The fraction of sp³-hybridized carbons (Fsp3) is 0.615. The van der Waals surface area contributed by atoms with Crippen LogP contribution in [0.1, 0.15) is 31.7 Å². The summed E-state index contributed by atoms with van der Waals surface area (Å²) < 4.78 is 0. The van der Waals surface area contributed by atoms with Crippen LogP contribution in [-0.2, 0) is 6.54 Å². The van der Waals surface area contributed by atoms with Gasteiger partial charge >= 0.3 is 0 Å². The highest BCUT2D eigenvalue weighted by Crippen LogP contribution is 2.29. The number of thioether (sulfide) groups is 1. The van der Waals surface area contributed by atoms with Crippen LogP contribution in [0.4, 0.5) is 0 Å². The Hall–Kier alpha value is -0.540. The van der Waals surface area contributed by atoms with Gasteiger partial charge < -0.3 is 5.32 Å². The predicted molar refractivity (Wildman–Crippen MR) is 70.6 cm³/mol. The second-order valence-corrected chi connectivity index (χ2v) is 5.90. The van der Waals surface area contributed by atoms with Crippen molar-refractivity contribution in [1.29, 1.82) is 0 Å². The molecule has 0 aromatic carbocycles. The van der Waals surface area contributed by atoms with Gasteiger partial charge in [0.25, 0.3) is 0 Å². The normalized spacial score (nSPS) is 24.8. The second-order valence-electron chi connectivity index (χ2n) is 4.32. The van der Waals surface area contributed by atoms with Gasteiger partial charge in [-0.1, -0.05) is 6.92 Å². The van der Waals surface area contributed by atoms with Crippen LogP contribution in [0, 0.1) is 0 Å². The van der Waals surface area contributed by atoms with Crippen molar-refractivity contribution in [3.05, 3.63) is 30.1 Å². The molecular weight excluding hydrogens is 216 g/mol. The number of nitrogens with one attached hydrogen (secondary N) is 1. The molecule has 0 radical (unpaired) electrons. The van der Waals surface area contributed by atoms with Crippen LogP contribution in [0.25, 0.3) is 0 Å². The third-order valence-corrected chi connectivity index (χ3v) is 4.36. The van der Waals surface area contributed by atoms with Gasteiger partial charge in [0.2, 0.25) is 0 Å². The summed E-state index contributed by atoms with van der Waals surface area (Å²) in [5.74, 6) is 1.25. The Labute approximate surface area is 102 Å². The summed E-state index contributed by atoms with van der Waals surface area (Å²) in [7, 11) is 0. The molecule has 0 bridgehead atoms. The topological polar surface area (TPSA) is 24.9 Å². The van der Waals surface area contributed by atoms with Gasteiger partial charge in [-0.25, -0.2) is 0 Å². The van der Waals surface area contributed by atoms with E-state index < -0.39 is 0 Å². The molecule has 2 nitrogen and oxygen atoms in total. The van der Waals surface area contributed by atoms with Crippen molar-refractivity contribution in [2.75, 3.05) is 5.75 Å². The van der Waals surface area contributed by atoms with Gasteiger partial charge in [-0.15, -0.1) is 0 Å². The average Bonchev–Trinajstić information content (AvgIpc) is 2.76. The lowest BCUT2D eigenvalue weighted by molar-refractivity contribution is 0.525. The van der Waals surface area contributed by atoms with Crippen LogP contribution in [0.5, 0.6) is 0 Å². The Balaban J connectivity index is 1.72. The molecule has 0 saturated heterocycles. The van der Waals surface area contributed by atoms with E-state index in [-0.39, 0.29) is 0 Å². The van der Waals surface area contributed by atoms with Gasteiger partial charge in [0.05, 0.1) is 0 Å². The van der Waals surface area contributed by atoms with E-state index >= 15 is 0 Å². The summed E-state index contributed by atoms with van der Waals surface area (Å²) in [6.07, 6.45) is 7.78. The number of hydrogen-bond donors (Lipinski definition) is 1. The first-order valence-corrected chi connectivity index (χ1v) is 7.17. The molecule has 3 heteroatoms. The van der Waals surface area contributed by atoms with Crippen LogP contribution < -0.4 is 5.32 Å². The predicted octanol–water partition coefficient (Wildman–Crippen LogP) is 2.85. The van der Waals surface area contributed by atoms with Gasteiger partial charge in [-0.05, 0) is 42.7 Å². The van der Waals surface area contributed by atoms with Crippen molar-refractivity contribution < 1.29 is 0 Å². The number of nitrogens with zero attached hydrogens (tertiary/aromatic N) is 1. The minimum absolute atomic E-state index is 0.720. The summed E-state index contributed by atoms with van der Waals surface area (Å²) >= 11 is 2.11. The first-order chi connectivity index (χ1) is 7.88. The first-order valence-electron chi connectivity index (χ1n) is 6.12. The molecule has 1 aromatic heterocycles. The Morgan fingerprint density at radius 3 is 2.94 bits per heavy atom. The monoisotopic (exact) mass is 236 g/mol. The largest absolute Gasteiger partial charge is 0.310 e. The van der Waals surface area contributed by atoms with Crippen molar-refractivity contribution >= 4 is 11.8 Å². The number of rotatable bonds is 5. The molecule has 1 saturated carbocycles.